The predicted molar refractivity (Wildman–Crippen MR) is 69.6 cm³/mol. The number of hydrogen-bond acceptors (Lipinski definition) is 4. The van der Waals surface area contributed by atoms with Crippen molar-refractivity contribution in [2.45, 2.75) is 39.7 Å². The third kappa shape index (κ3) is 2.98. The number of aryl methyl sites for hydroxylation is 1. The molecule has 3 N–H and O–H groups in total. The highest BCUT2D eigenvalue weighted by atomic mass is 16.2. The Hall–Kier alpha value is -2.18. The first-order valence-electron chi connectivity index (χ1n) is 6.08. The molecule has 0 atom stereocenters. The average molecular weight is 262 g/mol. The third-order valence-corrected chi connectivity index (χ3v) is 2.77. The van der Waals surface area contributed by atoms with Gasteiger partial charge in [-0.1, -0.05) is 20.8 Å². The highest BCUT2D eigenvalue weighted by Gasteiger charge is 2.21. The molecule has 2 heterocycles. The first-order chi connectivity index (χ1) is 8.88. The number of aromatic nitrogens is 5. The van der Waals surface area contributed by atoms with Gasteiger partial charge in [-0.2, -0.15) is 5.10 Å². The maximum absolute atomic E-state index is 11.9. The van der Waals surface area contributed by atoms with Gasteiger partial charge >= 0.3 is 0 Å². The second-order valence-electron chi connectivity index (χ2n) is 5.46. The zero-order valence-corrected chi connectivity index (χ0v) is 11.5. The molecule has 0 aliphatic rings. The zero-order chi connectivity index (χ0) is 14.0. The van der Waals surface area contributed by atoms with E-state index in [-0.39, 0.29) is 17.1 Å². The molecule has 0 bridgehead atoms. The van der Waals surface area contributed by atoms with E-state index in [0.29, 0.717) is 12.4 Å². The molecule has 0 saturated carbocycles. The van der Waals surface area contributed by atoms with Gasteiger partial charge in [-0.05, 0) is 6.92 Å². The summed E-state index contributed by atoms with van der Waals surface area (Å²) in [7, 11) is 0. The summed E-state index contributed by atoms with van der Waals surface area (Å²) in [4.78, 5) is 16.1. The van der Waals surface area contributed by atoms with E-state index in [1.165, 1.54) is 0 Å². The number of carbonyl (C=O) groups excluding carboxylic acids is 1. The lowest BCUT2D eigenvalue weighted by Gasteiger charge is -2.12. The monoisotopic (exact) mass is 262 g/mol. The number of carbonyl (C=O) groups is 1. The van der Waals surface area contributed by atoms with E-state index in [1.54, 1.807) is 6.20 Å². The molecule has 2 rings (SSSR count). The van der Waals surface area contributed by atoms with Crippen LogP contribution in [-0.4, -0.2) is 31.3 Å². The van der Waals surface area contributed by atoms with Crippen LogP contribution in [0.5, 0.6) is 0 Å². The Labute approximate surface area is 111 Å². The fourth-order valence-corrected chi connectivity index (χ4v) is 1.51. The van der Waals surface area contributed by atoms with E-state index in [4.69, 9.17) is 0 Å². The Morgan fingerprint density at radius 3 is 2.63 bits per heavy atom. The molecule has 19 heavy (non-hydrogen) atoms. The minimum Gasteiger partial charge on any atom is -0.345 e. The van der Waals surface area contributed by atoms with Crippen LogP contribution in [0, 0.1) is 6.92 Å². The van der Waals surface area contributed by atoms with Crippen molar-refractivity contribution in [1.82, 2.24) is 30.7 Å². The number of nitrogens with zero attached hydrogens (tertiary/aromatic N) is 3. The SMILES string of the molecule is Cc1[nH]ncc1CNC(=O)c1n[nH]c(C(C)(C)C)n1. The van der Waals surface area contributed by atoms with Crippen LogP contribution in [0.2, 0.25) is 0 Å². The molecule has 7 heteroatoms. The van der Waals surface area contributed by atoms with Gasteiger partial charge in [-0.3, -0.25) is 15.0 Å². The second kappa shape index (κ2) is 4.83. The van der Waals surface area contributed by atoms with Crippen molar-refractivity contribution in [2.24, 2.45) is 0 Å². The molecule has 7 nitrogen and oxygen atoms in total. The van der Waals surface area contributed by atoms with Crippen molar-refractivity contribution >= 4 is 5.91 Å². The van der Waals surface area contributed by atoms with Crippen molar-refractivity contribution in [1.29, 1.82) is 0 Å². The van der Waals surface area contributed by atoms with Crippen LogP contribution >= 0.6 is 0 Å². The van der Waals surface area contributed by atoms with Crippen LogP contribution in [0.25, 0.3) is 0 Å². The molecule has 0 unspecified atom stereocenters. The van der Waals surface area contributed by atoms with Crippen molar-refractivity contribution in [2.75, 3.05) is 0 Å². The van der Waals surface area contributed by atoms with Gasteiger partial charge in [0, 0.05) is 23.2 Å². The quantitative estimate of drug-likeness (QED) is 0.770. The second-order valence-corrected chi connectivity index (χ2v) is 5.46. The minimum atomic E-state index is -0.299. The summed E-state index contributed by atoms with van der Waals surface area (Å²) in [5.41, 5.74) is 1.72. The number of rotatable bonds is 3. The Morgan fingerprint density at radius 1 is 1.37 bits per heavy atom. The van der Waals surface area contributed by atoms with Crippen LogP contribution in [0.15, 0.2) is 6.20 Å². The zero-order valence-electron chi connectivity index (χ0n) is 11.5. The van der Waals surface area contributed by atoms with Crippen molar-refractivity contribution < 1.29 is 4.79 Å². The van der Waals surface area contributed by atoms with Crippen LogP contribution < -0.4 is 5.32 Å². The van der Waals surface area contributed by atoms with Gasteiger partial charge in [0.2, 0.25) is 5.82 Å². The molecule has 2 aromatic heterocycles. The van der Waals surface area contributed by atoms with Crippen LogP contribution in [0.1, 0.15) is 48.5 Å². The lowest BCUT2D eigenvalue weighted by Crippen LogP contribution is -2.24. The molecule has 0 aromatic carbocycles. The van der Waals surface area contributed by atoms with Gasteiger partial charge < -0.3 is 5.32 Å². The fraction of sp³-hybridized carbons (Fsp3) is 0.500. The van der Waals surface area contributed by atoms with Gasteiger partial charge in [-0.25, -0.2) is 4.98 Å². The summed E-state index contributed by atoms with van der Waals surface area (Å²) in [6.07, 6.45) is 1.69. The van der Waals surface area contributed by atoms with E-state index in [1.807, 2.05) is 27.7 Å². The molecular formula is C12H18N6O. The summed E-state index contributed by atoms with van der Waals surface area (Å²) in [6, 6.07) is 0. The number of amides is 1. The largest absolute Gasteiger partial charge is 0.345 e. The summed E-state index contributed by atoms with van der Waals surface area (Å²) < 4.78 is 0. The number of nitrogens with one attached hydrogen (secondary N) is 3. The Morgan fingerprint density at radius 2 is 2.11 bits per heavy atom. The van der Waals surface area contributed by atoms with Crippen LogP contribution in [-0.2, 0) is 12.0 Å². The number of hydrogen-bond donors (Lipinski definition) is 3. The van der Waals surface area contributed by atoms with E-state index < -0.39 is 0 Å². The molecule has 0 spiro atoms. The first-order valence-corrected chi connectivity index (χ1v) is 6.08. The Balaban J connectivity index is 2.01. The van der Waals surface area contributed by atoms with Crippen LogP contribution in [0.3, 0.4) is 0 Å². The number of H-pyrrole nitrogens is 2. The van der Waals surface area contributed by atoms with E-state index in [0.717, 1.165) is 11.3 Å². The highest BCUT2D eigenvalue weighted by Crippen LogP contribution is 2.17. The minimum absolute atomic E-state index is 0.158. The van der Waals surface area contributed by atoms with Crippen molar-refractivity contribution in [3.8, 4) is 0 Å². The molecule has 0 aliphatic heterocycles. The summed E-state index contributed by atoms with van der Waals surface area (Å²) in [5, 5.41) is 16.2. The summed E-state index contributed by atoms with van der Waals surface area (Å²) >= 11 is 0. The molecule has 1 amide bonds. The maximum atomic E-state index is 11.9. The predicted octanol–water partition coefficient (Wildman–Crippen LogP) is 1.06. The summed E-state index contributed by atoms with van der Waals surface area (Å²) in [6.45, 7) is 8.32. The van der Waals surface area contributed by atoms with E-state index in [2.05, 4.69) is 30.7 Å². The Bertz CT molecular complexity index is 577. The van der Waals surface area contributed by atoms with Crippen molar-refractivity contribution in [3.63, 3.8) is 0 Å². The van der Waals surface area contributed by atoms with E-state index >= 15 is 0 Å². The topological polar surface area (TPSA) is 99.4 Å². The molecule has 102 valence electrons. The molecule has 0 radical (unpaired) electrons. The van der Waals surface area contributed by atoms with Gasteiger partial charge in [0.1, 0.15) is 5.82 Å². The van der Waals surface area contributed by atoms with Crippen molar-refractivity contribution in [3.05, 3.63) is 29.1 Å². The standard InChI is InChI=1S/C12H18N6O/c1-7-8(6-14-16-7)5-13-10(19)9-15-11(18-17-9)12(2,3)4/h6H,5H2,1-4H3,(H,13,19)(H,14,16)(H,15,17,18). The lowest BCUT2D eigenvalue weighted by atomic mass is 9.96. The third-order valence-electron chi connectivity index (χ3n) is 2.77. The fourth-order valence-electron chi connectivity index (χ4n) is 1.51. The molecule has 0 saturated heterocycles. The van der Waals surface area contributed by atoms with Gasteiger partial charge in [-0.15, -0.1) is 5.10 Å². The normalized spacial score (nSPS) is 11.6. The molecule has 2 aromatic rings. The molecular weight excluding hydrogens is 244 g/mol. The Kier molecular flexibility index (Phi) is 3.37. The van der Waals surface area contributed by atoms with Gasteiger partial charge in [0.05, 0.1) is 6.20 Å². The highest BCUT2D eigenvalue weighted by molar-refractivity contribution is 5.90. The average Bonchev–Trinajstić information content (AvgIpc) is 2.93. The van der Waals surface area contributed by atoms with Crippen LogP contribution in [0.4, 0.5) is 0 Å². The van der Waals surface area contributed by atoms with E-state index in [9.17, 15) is 4.79 Å². The maximum Gasteiger partial charge on any atom is 0.291 e. The molecule has 0 fully saturated rings. The smallest absolute Gasteiger partial charge is 0.291 e. The van der Waals surface area contributed by atoms with Gasteiger partial charge in [0.15, 0.2) is 0 Å². The lowest BCUT2D eigenvalue weighted by molar-refractivity contribution is 0.0941. The number of aromatic amines is 2. The van der Waals surface area contributed by atoms with Gasteiger partial charge in [0.25, 0.3) is 5.91 Å². The molecule has 0 aliphatic carbocycles. The first kappa shape index (κ1) is 13.3. The summed E-state index contributed by atoms with van der Waals surface area (Å²) in [5.74, 6) is 0.551.